The predicted octanol–water partition coefficient (Wildman–Crippen LogP) is 4.97. The van der Waals surface area contributed by atoms with E-state index in [1.165, 1.54) is 5.56 Å². The molecule has 0 saturated carbocycles. The maximum Gasteiger partial charge on any atom is 0.318 e. The summed E-state index contributed by atoms with van der Waals surface area (Å²) in [6, 6.07) is 27.9. The van der Waals surface area contributed by atoms with Crippen molar-refractivity contribution in [1.29, 1.82) is 0 Å². The molecule has 0 unspecified atom stereocenters. The Hall–Kier alpha value is -3.60. The van der Waals surface area contributed by atoms with E-state index in [-0.39, 0.29) is 23.9 Å². The van der Waals surface area contributed by atoms with E-state index in [1.54, 1.807) is 0 Å². The zero-order valence-electron chi connectivity index (χ0n) is 19.0. The Balaban J connectivity index is 1.43. The van der Waals surface area contributed by atoms with E-state index >= 15 is 0 Å². The fourth-order valence-corrected chi connectivity index (χ4v) is 4.46. The Bertz CT molecular complexity index is 1070. The average Bonchev–Trinajstić information content (AvgIpc) is 2.86. The highest BCUT2D eigenvalue weighted by Gasteiger charge is 2.35. The Morgan fingerprint density at radius 2 is 1.48 bits per heavy atom. The molecule has 4 rings (SSSR count). The van der Waals surface area contributed by atoms with E-state index in [4.69, 9.17) is 0 Å². The summed E-state index contributed by atoms with van der Waals surface area (Å²) in [7, 11) is 0. The maximum atomic E-state index is 13.2. The standard InChI is InChI=1S/C28H31N3O2/c1-21-9-8-12-23(17-21)19-29-27(32)25-15-16-26(24-13-6-3-7-14-24)31(20-25)28(33)30-18-22-10-4-2-5-11-22/h2-14,17,25-26H,15-16,18-20H2,1H3,(H,29,32)(H,30,33)/t25-,26+/m1/s1. The number of piperidine rings is 1. The monoisotopic (exact) mass is 441 g/mol. The number of nitrogens with zero attached hydrogens (tertiary/aromatic N) is 1. The number of benzene rings is 3. The zero-order chi connectivity index (χ0) is 23.0. The molecule has 1 heterocycles. The summed E-state index contributed by atoms with van der Waals surface area (Å²) >= 11 is 0. The third-order valence-corrected chi connectivity index (χ3v) is 6.23. The lowest BCUT2D eigenvalue weighted by atomic mass is 9.88. The molecule has 0 aliphatic carbocycles. The number of urea groups is 1. The van der Waals surface area contributed by atoms with Gasteiger partial charge < -0.3 is 15.5 Å². The topological polar surface area (TPSA) is 61.4 Å². The Morgan fingerprint density at radius 3 is 2.21 bits per heavy atom. The first kappa shape index (κ1) is 22.6. The van der Waals surface area contributed by atoms with Crippen LogP contribution in [0.15, 0.2) is 84.9 Å². The molecule has 0 spiro atoms. The Labute approximate surface area is 195 Å². The summed E-state index contributed by atoms with van der Waals surface area (Å²) in [5.41, 5.74) is 4.41. The molecule has 2 N–H and O–H groups in total. The first-order chi connectivity index (χ1) is 16.1. The summed E-state index contributed by atoms with van der Waals surface area (Å²) in [6.07, 6.45) is 1.51. The molecular formula is C28H31N3O2. The van der Waals surface area contributed by atoms with Gasteiger partial charge in [-0.05, 0) is 36.5 Å². The first-order valence-electron chi connectivity index (χ1n) is 11.6. The normalized spacial score (nSPS) is 17.9. The number of carbonyl (C=O) groups is 2. The highest BCUT2D eigenvalue weighted by atomic mass is 16.2. The number of rotatable bonds is 6. The zero-order valence-corrected chi connectivity index (χ0v) is 19.0. The van der Waals surface area contributed by atoms with Crippen LogP contribution in [0.5, 0.6) is 0 Å². The number of hydrogen-bond donors (Lipinski definition) is 2. The summed E-state index contributed by atoms with van der Waals surface area (Å²) in [4.78, 5) is 28.0. The van der Waals surface area contributed by atoms with E-state index in [2.05, 4.69) is 28.8 Å². The van der Waals surface area contributed by atoms with Crippen molar-refractivity contribution in [3.63, 3.8) is 0 Å². The fraction of sp³-hybridized carbons (Fsp3) is 0.286. The van der Waals surface area contributed by atoms with Crippen LogP contribution < -0.4 is 10.6 Å². The summed E-state index contributed by atoms with van der Waals surface area (Å²) in [5.74, 6) is -0.221. The van der Waals surface area contributed by atoms with Crippen LogP contribution in [0.4, 0.5) is 4.79 Å². The van der Waals surface area contributed by atoms with Crippen LogP contribution in [0.25, 0.3) is 0 Å². The number of likely N-dealkylation sites (tertiary alicyclic amines) is 1. The molecule has 3 aromatic carbocycles. The van der Waals surface area contributed by atoms with Gasteiger partial charge in [0.15, 0.2) is 0 Å². The van der Waals surface area contributed by atoms with Crippen LogP contribution in [-0.2, 0) is 17.9 Å². The molecule has 0 bridgehead atoms. The van der Waals surface area contributed by atoms with Crippen molar-refractivity contribution >= 4 is 11.9 Å². The SMILES string of the molecule is Cc1cccc(CNC(=O)[C@@H]2CC[C@@H](c3ccccc3)N(C(=O)NCc3ccccc3)C2)c1. The van der Waals surface area contributed by atoms with Crippen molar-refractivity contribution < 1.29 is 9.59 Å². The molecule has 5 heteroatoms. The van der Waals surface area contributed by atoms with E-state index in [1.807, 2.05) is 78.6 Å². The van der Waals surface area contributed by atoms with Gasteiger partial charge >= 0.3 is 6.03 Å². The molecule has 1 saturated heterocycles. The Kier molecular flexibility index (Phi) is 7.40. The van der Waals surface area contributed by atoms with Gasteiger partial charge in [-0.25, -0.2) is 4.79 Å². The van der Waals surface area contributed by atoms with Gasteiger partial charge in [-0.15, -0.1) is 0 Å². The van der Waals surface area contributed by atoms with Gasteiger partial charge in [0.1, 0.15) is 0 Å². The average molecular weight is 442 g/mol. The Morgan fingerprint density at radius 1 is 0.818 bits per heavy atom. The van der Waals surface area contributed by atoms with E-state index in [0.29, 0.717) is 19.6 Å². The van der Waals surface area contributed by atoms with Gasteiger partial charge in [-0.1, -0.05) is 90.5 Å². The van der Waals surface area contributed by atoms with Crippen LogP contribution in [-0.4, -0.2) is 23.4 Å². The lowest BCUT2D eigenvalue weighted by molar-refractivity contribution is -0.126. The number of amides is 3. The van der Waals surface area contributed by atoms with Crippen LogP contribution >= 0.6 is 0 Å². The van der Waals surface area contributed by atoms with Gasteiger partial charge in [0.2, 0.25) is 5.91 Å². The van der Waals surface area contributed by atoms with Gasteiger partial charge in [0.05, 0.1) is 12.0 Å². The van der Waals surface area contributed by atoms with Gasteiger partial charge in [0, 0.05) is 19.6 Å². The van der Waals surface area contributed by atoms with Crippen LogP contribution in [0.1, 0.15) is 41.1 Å². The van der Waals surface area contributed by atoms with Crippen molar-refractivity contribution in [2.24, 2.45) is 5.92 Å². The molecule has 5 nitrogen and oxygen atoms in total. The molecule has 1 aliphatic rings. The van der Waals surface area contributed by atoms with Gasteiger partial charge in [-0.2, -0.15) is 0 Å². The predicted molar refractivity (Wildman–Crippen MR) is 130 cm³/mol. The van der Waals surface area contributed by atoms with Crippen molar-refractivity contribution in [2.45, 2.75) is 38.9 Å². The van der Waals surface area contributed by atoms with Crippen LogP contribution in [0.3, 0.4) is 0 Å². The number of carbonyl (C=O) groups excluding carboxylic acids is 2. The third-order valence-electron chi connectivity index (χ3n) is 6.23. The lowest BCUT2D eigenvalue weighted by Crippen LogP contribution is -2.50. The maximum absolute atomic E-state index is 13.2. The minimum atomic E-state index is -0.225. The number of hydrogen-bond acceptors (Lipinski definition) is 2. The molecular weight excluding hydrogens is 410 g/mol. The molecule has 0 aromatic heterocycles. The van der Waals surface area contributed by atoms with E-state index in [0.717, 1.165) is 29.5 Å². The first-order valence-corrected chi connectivity index (χ1v) is 11.6. The van der Waals surface area contributed by atoms with Crippen LogP contribution in [0, 0.1) is 12.8 Å². The second-order valence-electron chi connectivity index (χ2n) is 8.70. The van der Waals surface area contributed by atoms with Gasteiger partial charge in [0.25, 0.3) is 0 Å². The second-order valence-corrected chi connectivity index (χ2v) is 8.70. The molecule has 170 valence electrons. The van der Waals surface area contributed by atoms with E-state index < -0.39 is 0 Å². The summed E-state index contributed by atoms with van der Waals surface area (Å²) < 4.78 is 0. The molecule has 1 fully saturated rings. The van der Waals surface area contributed by atoms with Crippen molar-refractivity contribution in [3.05, 3.63) is 107 Å². The summed E-state index contributed by atoms with van der Waals surface area (Å²) in [5, 5.41) is 6.12. The third kappa shape index (κ3) is 6.01. The second kappa shape index (κ2) is 10.8. The van der Waals surface area contributed by atoms with Gasteiger partial charge in [-0.3, -0.25) is 4.79 Å². The van der Waals surface area contributed by atoms with E-state index in [9.17, 15) is 9.59 Å². The minimum absolute atomic E-state index is 0.00359. The molecule has 3 amide bonds. The molecule has 0 radical (unpaired) electrons. The fourth-order valence-electron chi connectivity index (χ4n) is 4.46. The summed E-state index contributed by atoms with van der Waals surface area (Å²) in [6.45, 7) is 3.41. The highest BCUT2D eigenvalue weighted by molar-refractivity contribution is 5.81. The van der Waals surface area contributed by atoms with Crippen molar-refractivity contribution in [1.82, 2.24) is 15.5 Å². The quantitative estimate of drug-likeness (QED) is 0.567. The molecule has 33 heavy (non-hydrogen) atoms. The lowest BCUT2D eigenvalue weighted by Gasteiger charge is -2.39. The number of aryl methyl sites for hydroxylation is 1. The smallest absolute Gasteiger partial charge is 0.318 e. The minimum Gasteiger partial charge on any atom is -0.352 e. The number of nitrogens with one attached hydrogen (secondary N) is 2. The van der Waals surface area contributed by atoms with Crippen molar-refractivity contribution in [2.75, 3.05) is 6.54 Å². The highest BCUT2D eigenvalue weighted by Crippen LogP contribution is 2.33. The van der Waals surface area contributed by atoms with Crippen molar-refractivity contribution in [3.8, 4) is 0 Å². The molecule has 1 aliphatic heterocycles. The van der Waals surface area contributed by atoms with Crippen LogP contribution in [0.2, 0.25) is 0 Å². The molecule has 3 aromatic rings. The largest absolute Gasteiger partial charge is 0.352 e. The molecule has 2 atom stereocenters.